The van der Waals surface area contributed by atoms with Crippen molar-refractivity contribution in [3.63, 3.8) is 0 Å². The lowest BCUT2D eigenvalue weighted by Crippen LogP contribution is -2.42. The summed E-state index contributed by atoms with van der Waals surface area (Å²) in [7, 11) is 0. The van der Waals surface area contributed by atoms with E-state index in [2.05, 4.69) is 5.32 Å². The second kappa shape index (κ2) is 4.68. The molecular weight excluding hydrogens is 232 g/mol. The Morgan fingerprint density at radius 1 is 1.39 bits per heavy atom. The zero-order valence-electron chi connectivity index (χ0n) is 10.4. The molecule has 0 bridgehead atoms. The van der Waals surface area contributed by atoms with Crippen molar-refractivity contribution in [2.45, 2.75) is 25.8 Å². The van der Waals surface area contributed by atoms with E-state index in [-0.39, 0.29) is 18.6 Å². The molecule has 0 aliphatic carbocycles. The number of benzene rings is 1. The number of carbonyl (C=O) groups excluding carboxylic acids is 1. The van der Waals surface area contributed by atoms with Gasteiger partial charge in [0.2, 0.25) is 0 Å². The predicted molar refractivity (Wildman–Crippen MR) is 67.8 cm³/mol. The summed E-state index contributed by atoms with van der Waals surface area (Å²) in [4.78, 5) is 24.7. The molecule has 0 saturated heterocycles. The maximum atomic E-state index is 12.0. The SMILES string of the molecule is CC(C)NC(=O)N1CC(C(=O)O)c2ccccc21. The first kappa shape index (κ1) is 12.4. The molecule has 18 heavy (non-hydrogen) atoms. The standard InChI is InChI=1S/C13H16N2O3/c1-8(2)14-13(18)15-7-10(12(16)17)9-5-3-4-6-11(9)15/h3-6,8,10H,7H2,1-2H3,(H,14,18)(H,16,17). The Kier molecular flexibility index (Phi) is 3.23. The van der Waals surface area contributed by atoms with Crippen molar-refractivity contribution >= 4 is 17.7 Å². The van der Waals surface area contributed by atoms with Crippen LogP contribution in [0.1, 0.15) is 25.3 Å². The molecular formula is C13H16N2O3. The first-order chi connectivity index (χ1) is 8.50. The molecule has 1 unspecified atom stereocenters. The number of fused-ring (bicyclic) bond motifs is 1. The third-order valence-corrected chi connectivity index (χ3v) is 2.92. The number of aliphatic carboxylic acids is 1. The normalized spacial score (nSPS) is 17.7. The number of hydrogen-bond donors (Lipinski definition) is 2. The van der Waals surface area contributed by atoms with Crippen molar-refractivity contribution in [2.75, 3.05) is 11.4 Å². The lowest BCUT2D eigenvalue weighted by atomic mass is 10.0. The average Bonchev–Trinajstić information content (AvgIpc) is 2.67. The highest BCUT2D eigenvalue weighted by molar-refractivity contribution is 5.98. The molecule has 96 valence electrons. The number of para-hydroxylation sites is 1. The van der Waals surface area contributed by atoms with E-state index >= 15 is 0 Å². The minimum Gasteiger partial charge on any atom is -0.481 e. The average molecular weight is 248 g/mol. The Bertz CT molecular complexity index is 485. The van der Waals surface area contributed by atoms with Gasteiger partial charge in [0.25, 0.3) is 0 Å². The van der Waals surface area contributed by atoms with Crippen molar-refractivity contribution in [3.8, 4) is 0 Å². The Hall–Kier alpha value is -2.04. The molecule has 0 radical (unpaired) electrons. The number of carbonyl (C=O) groups is 2. The number of nitrogens with one attached hydrogen (secondary N) is 1. The number of nitrogens with zero attached hydrogens (tertiary/aromatic N) is 1. The highest BCUT2D eigenvalue weighted by atomic mass is 16.4. The predicted octanol–water partition coefficient (Wildman–Crippen LogP) is 1.79. The van der Waals surface area contributed by atoms with Gasteiger partial charge in [-0.05, 0) is 25.5 Å². The summed E-state index contributed by atoms with van der Waals surface area (Å²) in [5.41, 5.74) is 1.38. The van der Waals surface area contributed by atoms with Gasteiger partial charge in [0.1, 0.15) is 5.92 Å². The number of urea groups is 1. The molecule has 2 N–H and O–H groups in total. The van der Waals surface area contributed by atoms with E-state index in [4.69, 9.17) is 0 Å². The van der Waals surface area contributed by atoms with Crippen LogP contribution in [0.2, 0.25) is 0 Å². The van der Waals surface area contributed by atoms with Gasteiger partial charge in [0.15, 0.2) is 0 Å². The van der Waals surface area contributed by atoms with Crippen molar-refractivity contribution in [3.05, 3.63) is 29.8 Å². The molecule has 1 aliphatic rings. The molecule has 2 rings (SSSR count). The van der Waals surface area contributed by atoms with Gasteiger partial charge in [-0.25, -0.2) is 4.79 Å². The Labute approximate surface area is 105 Å². The minimum atomic E-state index is -0.901. The Morgan fingerprint density at radius 3 is 2.67 bits per heavy atom. The molecule has 2 amide bonds. The van der Waals surface area contributed by atoms with Gasteiger partial charge >= 0.3 is 12.0 Å². The van der Waals surface area contributed by atoms with E-state index < -0.39 is 11.9 Å². The van der Waals surface area contributed by atoms with Gasteiger partial charge in [-0.1, -0.05) is 18.2 Å². The van der Waals surface area contributed by atoms with Gasteiger partial charge in [0, 0.05) is 18.3 Å². The van der Waals surface area contributed by atoms with E-state index in [1.165, 1.54) is 4.90 Å². The fraction of sp³-hybridized carbons (Fsp3) is 0.385. The van der Waals surface area contributed by atoms with Crippen LogP contribution in [0.4, 0.5) is 10.5 Å². The second-order valence-corrected chi connectivity index (χ2v) is 4.66. The summed E-state index contributed by atoms with van der Waals surface area (Å²) < 4.78 is 0. The van der Waals surface area contributed by atoms with Gasteiger partial charge in [-0.15, -0.1) is 0 Å². The van der Waals surface area contributed by atoms with Crippen LogP contribution < -0.4 is 10.2 Å². The summed E-state index contributed by atoms with van der Waals surface area (Å²) >= 11 is 0. The molecule has 0 fully saturated rings. The summed E-state index contributed by atoms with van der Waals surface area (Å²) in [5.74, 6) is -1.54. The smallest absolute Gasteiger partial charge is 0.322 e. The van der Waals surface area contributed by atoms with Crippen molar-refractivity contribution in [2.24, 2.45) is 0 Å². The quantitative estimate of drug-likeness (QED) is 0.838. The van der Waals surface area contributed by atoms with Crippen LogP contribution in [0.5, 0.6) is 0 Å². The summed E-state index contributed by atoms with van der Waals surface area (Å²) in [6.45, 7) is 3.93. The van der Waals surface area contributed by atoms with E-state index in [0.29, 0.717) is 11.3 Å². The van der Waals surface area contributed by atoms with Crippen LogP contribution in [-0.4, -0.2) is 29.7 Å². The van der Waals surface area contributed by atoms with E-state index in [0.717, 1.165) is 0 Å². The molecule has 1 heterocycles. The van der Waals surface area contributed by atoms with Gasteiger partial charge in [0.05, 0.1) is 0 Å². The number of anilines is 1. The monoisotopic (exact) mass is 248 g/mol. The van der Waals surface area contributed by atoms with Crippen molar-refractivity contribution in [1.29, 1.82) is 0 Å². The van der Waals surface area contributed by atoms with Gasteiger partial charge in [-0.2, -0.15) is 0 Å². The molecule has 5 heteroatoms. The molecule has 1 aliphatic heterocycles. The van der Waals surface area contributed by atoms with E-state index in [1.54, 1.807) is 24.3 Å². The number of amides is 2. The van der Waals surface area contributed by atoms with Crippen LogP contribution in [0.15, 0.2) is 24.3 Å². The first-order valence-electron chi connectivity index (χ1n) is 5.90. The molecule has 1 aromatic carbocycles. The number of carboxylic acid groups (broad SMARTS) is 1. The maximum Gasteiger partial charge on any atom is 0.322 e. The molecule has 0 saturated carbocycles. The van der Waals surface area contributed by atoms with Crippen molar-refractivity contribution < 1.29 is 14.7 Å². The summed E-state index contributed by atoms with van der Waals surface area (Å²) in [6, 6.07) is 6.90. The maximum absolute atomic E-state index is 12.0. The Morgan fingerprint density at radius 2 is 2.06 bits per heavy atom. The second-order valence-electron chi connectivity index (χ2n) is 4.66. The molecule has 0 aromatic heterocycles. The van der Waals surface area contributed by atoms with Gasteiger partial charge in [-0.3, -0.25) is 9.69 Å². The lowest BCUT2D eigenvalue weighted by Gasteiger charge is -2.19. The lowest BCUT2D eigenvalue weighted by molar-refractivity contribution is -0.138. The third kappa shape index (κ3) is 2.16. The van der Waals surface area contributed by atoms with Gasteiger partial charge < -0.3 is 10.4 Å². The topological polar surface area (TPSA) is 69.6 Å². The third-order valence-electron chi connectivity index (χ3n) is 2.92. The van der Waals surface area contributed by atoms with E-state index in [9.17, 15) is 14.7 Å². The minimum absolute atomic E-state index is 0.0218. The molecule has 1 aromatic rings. The highest BCUT2D eigenvalue weighted by Crippen LogP contribution is 2.36. The van der Waals surface area contributed by atoms with Crippen LogP contribution in [0.25, 0.3) is 0 Å². The van der Waals surface area contributed by atoms with Crippen LogP contribution >= 0.6 is 0 Å². The van der Waals surface area contributed by atoms with Crippen molar-refractivity contribution in [1.82, 2.24) is 5.32 Å². The van der Waals surface area contributed by atoms with Crippen LogP contribution in [0.3, 0.4) is 0 Å². The summed E-state index contributed by atoms with van der Waals surface area (Å²) in [6.07, 6.45) is 0. The number of hydrogen-bond acceptors (Lipinski definition) is 2. The van der Waals surface area contributed by atoms with Crippen LogP contribution in [-0.2, 0) is 4.79 Å². The molecule has 0 spiro atoms. The summed E-state index contributed by atoms with van der Waals surface area (Å²) in [5, 5.41) is 12.0. The highest BCUT2D eigenvalue weighted by Gasteiger charge is 2.36. The molecule has 1 atom stereocenters. The first-order valence-corrected chi connectivity index (χ1v) is 5.90. The largest absolute Gasteiger partial charge is 0.481 e. The number of rotatable bonds is 2. The number of carboxylic acids is 1. The zero-order valence-corrected chi connectivity index (χ0v) is 10.4. The zero-order chi connectivity index (χ0) is 13.3. The fourth-order valence-corrected chi connectivity index (χ4v) is 2.14. The van der Waals surface area contributed by atoms with E-state index in [1.807, 2.05) is 13.8 Å². The Balaban J connectivity index is 2.31. The fourth-order valence-electron chi connectivity index (χ4n) is 2.14. The molecule has 5 nitrogen and oxygen atoms in total. The van der Waals surface area contributed by atoms with Crippen LogP contribution in [0, 0.1) is 0 Å².